The number of hydrogen-bond donors (Lipinski definition) is 1. The smallest absolute Gasteiger partial charge is 0.264 e. The summed E-state index contributed by atoms with van der Waals surface area (Å²) in [5, 5.41) is 8.63. The van der Waals surface area contributed by atoms with Gasteiger partial charge in [0, 0.05) is 11.4 Å². The van der Waals surface area contributed by atoms with Gasteiger partial charge in [-0.1, -0.05) is 35.9 Å². The van der Waals surface area contributed by atoms with Crippen LogP contribution in [0.4, 0.5) is 5.13 Å². The largest absolute Gasteiger partial charge is 0.299 e. The van der Waals surface area contributed by atoms with Crippen LogP contribution in [-0.4, -0.2) is 24.4 Å². The van der Waals surface area contributed by atoms with E-state index in [1.54, 1.807) is 19.1 Å². The third-order valence-corrected chi connectivity index (χ3v) is 5.93. The number of benzene rings is 1. The van der Waals surface area contributed by atoms with Crippen LogP contribution in [0.25, 0.3) is 0 Å². The molecule has 0 atom stereocenters. The second-order valence-corrected chi connectivity index (χ2v) is 8.05. The molecule has 2 rings (SSSR count). The highest BCUT2D eigenvalue weighted by Gasteiger charge is 2.20. The number of hydrogen-bond acceptors (Lipinski definition) is 6. The molecule has 1 N–H and O–H groups in total. The molecule has 0 spiro atoms. The average Bonchev–Trinajstić information content (AvgIpc) is 2.88. The Morgan fingerprint density at radius 2 is 2.09 bits per heavy atom. The highest BCUT2D eigenvalue weighted by atomic mass is 35.5. The van der Waals surface area contributed by atoms with Gasteiger partial charge < -0.3 is 0 Å². The third kappa shape index (κ3) is 4.49. The Bertz CT molecular complexity index is 818. The van der Waals surface area contributed by atoms with E-state index in [0.717, 1.165) is 17.8 Å². The fourth-order valence-electron chi connectivity index (χ4n) is 1.95. The van der Waals surface area contributed by atoms with Gasteiger partial charge >= 0.3 is 0 Å². The van der Waals surface area contributed by atoms with Crippen molar-refractivity contribution in [3.05, 3.63) is 33.8 Å². The average molecular weight is 374 g/mol. The second-order valence-electron chi connectivity index (χ2n) is 4.93. The number of rotatable bonds is 7. The molecule has 0 radical (unpaired) electrons. The topological polar surface area (TPSA) is 89.0 Å². The minimum Gasteiger partial charge on any atom is -0.299 e. The van der Waals surface area contributed by atoms with Crippen LogP contribution in [0.3, 0.4) is 0 Å². The van der Waals surface area contributed by atoms with Gasteiger partial charge in [-0.15, -0.1) is 10.2 Å². The van der Waals surface area contributed by atoms with E-state index in [-0.39, 0.29) is 22.2 Å². The molecule has 0 aliphatic heterocycles. The van der Waals surface area contributed by atoms with Crippen LogP contribution in [0.15, 0.2) is 23.1 Å². The predicted molar refractivity (Wildman–Crippen MR) is 90.5 cm³/mol. The quantitative estimate of drug-likeness (QED) is 0.804. The van der Waals surface area contributed by atoms with Crippen molar-refractivity contribution < 1.29 is 13.2 Å². The Labute approximate surface area is 144 Å². The number of aromatic nitrogens is 2. The fraction of sp³-hybridized carbons (Fsp3) is 0.357. The zero-order chi connectivity index (χ0) is 17.0. The molecule has 0 unspecified atom stereocenters. The van der Waals surface area contributed by atoms with E-state index >= 15 is 0 Å². The molecule has 1 aromatic heterocycles. The normalized spacial score (nSPS) is 11.4. The van der Waals surface area contributed by atoms with Crippen LogP contribution >= 0.6 is 22.9 Å². The number of sulfonamides is 1. The van der Waals surface area contributed by atoms with Crippen molar-refractivity contribution in [2.24, 2.45) is 0 Å². The van der Waals surface area contributed by atoms with Gasteiger partial charge in [0.2, 0.25) is 5.13 Å². The standard InChI is InChI=1S/C14H16ClN3O3S2/c1-3-5-10(19)8-13-16-17-14(22-13)18-23(20,21)12-7-4-6-11(15)9(12)2/h4,6-7H,3,5,8H2,1-2H3,(H,17,18). The highest BCUT2D eigenvalue weighted by molar-refractivity contribution is 7.93. The molecule has 1 aromatic carbocycles. The van der Waals surface area contributed by atoms with Crippen LogP contribution < -0.4 is 4.72 Å². The summed E-state index contributed by atoms with van der Waals surface area (Å²) >= 11 is 7.01. The van der Waals surface area contributed by atoms with E-state index < -0.39 is 10.0 Å². The van der Waals surface area contributed by atoms with E-state index in [4.69, 9.17) is 11.6 Å². The lowest BCUT2D eigenvalue weighted by atomic mass is 10.2. The number of nitrogens with zero attached hydrogens (tertiary/aromatic N) is 2. The number of nitrogens with one attached hydrogen (secondary N) is 1. The van der Waals surface area contributed by atoms with Gasteiger partial charge in [-0.3, -0.25) is 9.52 Å². The van der Waals surface area contributed by atoms with Gasteiger partial charge in [-0.25, -0.2) is 8.42 Å². The maximum absolute atomic E-state index is 12.4. The summed E-state index contributed by atoms with van der Waals surface area (Å²) in [6, 6.07) is 4.66. The van der Waals surface area contributed by atoms with Crippen molar-refractivity contribution in [1.82, 2.24) is 10.2 Å². The Morgan fingerprint density at radius 3 is 2.78 bits per heavy atom. The zero-order valence-electron chi connectivity index (χ0n) is 12.7. The molecule has 2 aromatic rings. The van der Waals surface area contributed by atoms with Crippen molar-refractivity contribution in [2.75, 3.05) is 4.72 Å². The van der Waals surface area contributed by atoms with Crippen LogP contribution in [-0.2, 0) is 21.2 Å². The molecule has 0 bridgehead atoms. The Balaban J connectivity index is 2.17. The molecule has 0 saturated heterocycles. The van der Waals surface area contributed by atoms with Gasteiger partial charge in [-0.2, -0.15) is 0 Å². The van der Waals surface area contributed by atoms with Crippen molar-refractivity contribution in [3.8, 4) is 0 Å². The Morgan fingerprint density at radius 1 is 1.35 bits per heavy atom. The van der Waals surface area contributed by atoms with E-state index in [0.29, 0.717) is 22.0 Å². The van der Waals surface area contributed by atoms with Crippen LogP contribution in [0.5, 0.6) is 0 Å². The number of carbonyl (C=O) groups is 1. The van der Waals surface area contributed by atoms with Gasteiger partial charge in [0.1, 0.15) is 10.8 Å². The van der Waals surface area contributed by atoms with Gasteiger partial charge in [0.05, 0.1) is 11.3 Å². The summed E-state index contributed by atoms with van der Waals surface area (Å²) in [7, 11) is -3.80. The molecule has 0 amide bonds. The fourth-order valence-corrected chi connectivity index (χ4v) is 4.45. The SMILES string of the molecule is CCCC(=O)Cc1nnc(NS(=O)(=O)c2cccc(Cl)c2C)s1. The number of halogens is 1. The van der Waals surface area contributed by atoms with Gasteiger partial charge in [-0.05, 0) is 31.0 Å². The minimum absolute atomic E-state index is 0.0590. The first-order valence-corrected chi connectivity index (χ1v) is 9.63. The molecule has 124 valence electrons. The highest BCUT2D eigenvalue weighted by Crippen LogP contribution is 2.26. The summed E-state index contributed by atoms with van der Waals surface area (Å²) < 4.78 is 27.2. The molecular weight excluding hydrogens is 358 g/mol. The first-order valence-electron chi connectivity index (χ1n) is 6.95. The molecule has 6 nitrogen and oxygen atoms in total. The van der Waals surface area contributed by atoms with Gasteiger partial charge in [0.25, 0.3) is 10.0 Å². The maximum Gasteiger partial charge on any atom is 0.264 e. The first kappa shape index (κ1) is 17.8. The zero-order valence-corrected chi connectivity index (χ0v) is 15.1. The summed E-state index contributed by atoms with van der Waals surface area (Å²) in [5.41, 5.74) is 0.463. The first-order chi connectivity index (χ1) is 10.8. The molecule has 0 fully saturated rings. The summed E-state index contributed by atoms with van der Waals surface area (Å²) in [4.78, 5) is 11.7. The maximum atomic E-state index is 12.4. The van der Waals surface area contributed by atoms with Crippen LogP contribution in [0.2, 0.25) is 5.02 Å². The molecule has 0 aliphatic rings. The number of ketones is 1. The van der Waals surface area contributed by atoms with Crippen molar-refractivity contribution in [3.63, 3.8) is 0 Å². The van der Waals surface area contributed by atoms with E-state index in [1.165, 1.54) is 6.07 Å². The molecular formula is C14H16ClN3O3S2. The van der Waals surface area contributed by atoms with E-state index in [2.05, 4.69) is 14.9 Å². The molecule has 0 aliphatic carbocycles. The number of Topliss-reactive ketones (excluding diaryl/α,β-unsaturated/α-hetero) is 1. The predicted octanol–water partition coefficient (Wildman–Crippen LogP) is 3.21. The monoisotopic (exact) mass is 373 g/mol. The minimum atomic E-state index is -3.80. The Kier molecular flexibility index (Phi) is 5.72. The summed E-state index contributed by atoms with van der Waals surface area (Å²) in [6.07, 6.45) is 1.41. The van der Waals surface area contributed by atoms with Crippen molar-refractivity contribution in [2.45, 2.75) is 38.0 Å². The van der Waals surface area contributed by atoms with E-state index in [1.807, 2.05) is 6.92 Å². The van der Waals surface area contributed by atoms with Crippen molar-refractivity contribution in [1.29, 1.82) is 0 Å². The summed E-state index contributed by atoms with van der Waals surface area (Å²) in [6.45, 7) is 3.55. The molecule has 1 heterocycles. The number of anilines is 1. The molecule has 23 heavy (non-hydrogen) atoms. The lowest BCUT2D eigenvalue weighted by molar-refractivity contribution is -0.118. The summed E-state index contributed by atoms with van der Waals surface area (Å²) in [5.74, 6) is 0.0590. The lowest BCUT2D eigenvalue weighted by Crippen LogP contribution is -2.14. The van der Waals surface area contributed by atoms with E-state index in [9.17, 15) is 13.2 Å². The Hall–Kier alpha value is -1.51. The van der Waals surface area contributed by atoms with Gasteiger partial charge in [0.15, 0.2) is 0 Å². The molecule has 9 heteroatoms. The number of carbonyl (C=O) groups excluding carboxylic acids is 1. The van der Waals surface area contributed by atoms with Crippen molar-refractivity contribution >= 4 is 43.9 Å². The van der Waals surface area contributed by atoms with Crippen LogP contribution in [0, 0.1) is 6.92 Å². The molecule has 0 saturated carbocycles. The lowest BCUT2D eigenvalue weighted by Gasteiger charge is -2.08. The second kappa shape index (κ2) is 7.37. The third-order valence-electron chi connectivity index (χ3n) is 3.07. The van der Waals surface area contributed by atoms with Crippen LogP contribution in [0.1, 0.15) is 30.3 Å².